The van der Waals surface area contributed by atoms with Crippen LogP contribution in [0.5, 0.6) is 0 Å². The highest BCUT2D eigenvalue weighted by Gasteiger charge is 2.22. The molecule has 2 rings (SSSR count). The molecule has 19 heavy (non-hydrogen) atoms. The molecule has 0 bridgehead atoms. The van der Waals surface area contributed by atoms with E-state index < -0.39 is 0 Å². The summed E-state index contributed by atoms with van der Waals surface area (Å²) in [7, 11) is 0. The predicted octanol–water partition coefficient (Wildman–Crippen LogP) is 3.46. The third-order valence-electron chi connectivity index (χ3n) is 3.98. The normalized spacial score (nSPS) is 22.5. The van der Waals surface area contributed by atoms with Crippen LogP contribution in [0.25, 0.3) is 0 Å². The van der Waals surface area contributed by atoms with Crippen LogP contribution < -0.4 is 10.6 Å². The SMILES string of the molecule is CCCNc1cc(NCC2CCCC2C)nc(C)n1. The number of aromatic nitrogens is 2. The van der Waals surface area contributed by atoms with Gasteiger partial charge in [0.15, 0.2) is 0 Å². The minimum Gasteiger partial charge on any atom is -0.370 e. The first-order valence-corrected chi connectivity index (χ1v) is 7.52. The molecule has 1 aromatic heterocycles. The van der Waals surface area contributed by atoms with Crippen LogP contribution in [0.15, 0.2) is 6.07 Å². The second kappa shape index (κ2) is 6.73. The van der Waals surface area contributed by atoms with Gasteiger partial charge in [-0.15, -0.1) is 0 Å². The predicted molar refractivity (Wildman–Crippen MR) is 80.5 cm³/mol. The van der Waals surface area contributed by atoms with E-state index in [2.05, 4.69) is 34.4 Å². The molecular formula is C15H26N4. The van der Waals surface area contributed by atoms with E-state index in [1.807, 2.05) is 13.0 Å². The summed E-state index contributed by atoms with van der Waals surface area (Å²) >= 11 is 0. The highest BCUT2D eigenvalue weighted by Crippen LogP contribution is 2.31. The molecule has 1 aromatic rings. The number of nitrogens with one attached hydrogen (secondary N) is 2. The molecular weight excluding hydrogens is 236 g/mol. The Labute approximate surface area is 116 Å². The second-order valence-electron chi connectivity index (χ2n) is 5.66. The first-order valence-electron chi connectivity index (χ1n) is 7.52. The molecule has 1 heterocycles. The summed E-state index contributed by atoms with van der Waals surface area (Å²) in [6.45, 7) is 8.45. The van der Waals surface area contributed by atoms with E-state index in [1.165, 1.54) is 19.3 Å². The Morgan fingerprint density at radius 2 is 1.95 bits per heavy atom. The van der Waals surface area contributed by atoms with E-state index in [4.69, 9.17) is 0 Å². The van der Waals surface area contributed by atoms with Gasteiger partial charge in [0.1, 0.15) is 17.5 Å². The maximum absolute atomic E-state index is 4.47. The fourth-order valence-corrected chi connectivity index (χ4v) is 2.76. The van der Waals surface area contributed by atoms with Gasteiger partial charge in [-0.1, -0.05) is 26.7 Å². The van der Waals surface area contributed by atoms with E-state index in [9.17, 15) is 0 Å². The summed E-state index contributed by atoms with van der Waals surface area (Å²) < 4.78 is 0. The van der Waals surface area contributed by atoms with Crippen LogP contribution in [0.3, 0.4) is 0 Å². The van der Waals surface area contributed by atoms with Gasteiger partial charge < -0.3 is 10.6 Å². The molecule has 0 amide bonds. The molecule has 0 saturated heterocycles. The van der Waals surface area contributed by atoms with E-state index in [-0.39, 0.29) is 0 Å². The van der Waals surface area contributed by atoms with Crippen molar-refractivity contribution in [1.82, 2.24) is 9.97 Å². The molecule has 1 aliphatic carbocycles. The molecule has 0 aliphatic heterocycles. The monoisotopic (exact) mass is 262 g/mol. The molecule has 0 radical (unpaired) electrons. The summed E-state index contributed by atoms with van der Waals surface area (Å²) in [6.07, 6.45) is 5.20. The highest BCUT2D eigenvalue weighted by molar-refractivity contribution is 5.47. The van der Waals surface area contributed by atoms with E-state index in [0.29, 0.717) is 0 Å². The van der Waals surface area contributed by atoms with Gasteiger partial charge in [-0.05, 0) is 31.6 Å². The minimum absolute atomic E-state index is 0.794. The maximum atomic E-state index is 4.47. The second-order valence-corrected chi connectivity index (χ2v) is 5.66. The van der Waals surface area contributed by atoms with Crippen molar-refractivity contribution in [1.29, 1.82) is 0 Å². The lowest BCUT2D eigenvalue weighted by Crippen LogP contribution is -2.17. The lowest BCUT2D eigenvalue weighted by molar-refractivity contribution is 0.439. The van der Waals surface area contributed by atoms with Gasteiger partial charge in [-0.25, -0.2) is 9.97 Å². The van der Waals surface area contributed by atoms with Gasteiger partial charge in [0, 0.05) is 19.2 Å². The van der Waals surface area contributed by atoms with Crippen molar-refractivity contribution in [2.24, 2.45) is 11.8 Å². The topological polar surface area (TPSA) is 49.8 Å². The Hall–Kier alpha value is -1.32. The molecule has 2 unspecified atom stereocenters. The summed E-state index contributed by atoms with van der Waals surface area (Å²) in [5.41, 5.74) is 0. The van der Waals surface area contributed by atoms with Crippen LogP contribution in [0, 0.1) is 18.8 Å². The molecule has 2 N–H and O–H groups in total. The number of hydrogen-bond donors (Lipinski definition) is 2. The van der Waals surface area contributed by atoms with Crippen molar-refractivity contribution in [3.05, 3.63) is 11.9 Å². The highest BCUT2D eigenvalue weighted by atomic mass is 15.1. The number of hydrogen-bond acceptors (Lipinski definition) is 4. The fraction of sp³-hybridized carbons (Fsp3) is 0.733. The molecule has 1 aliphatic rings. The number of nitrogens with zero attached hydrogens (tertiary/aromatic N) is 2. The zero-order valence-electron chi connectivity index (χ0n) is 12.4. The smallest absolute Gasteiger partial charge is 0.131 e. The van der Waals surface area contributed by atoms with Gasteiger partial charge in [0.25, 0.3) is 0 Å². The fourth-order valence-electron chi connectivity index (χ4n) is 2.76. The lowest BCUT2D eigenvalue weighted by Gasteiger charge is -2.17. The Morgan fingerprint density at radius 1 is 1.21 bits per heavy atom. The van der Waals surface area contributed by atoms with Crippen LogP contribution in [-0.2, 0) is 0 Å². The van der Waals surface area contributed by atoms with E-state index in [1.54, 1.807) is 0 Å². The van der Waals surface area contributed by atoms with Crippen molar-refractivity contribution in [2.45, 2.75) is 46.5 Å². The molecule has 2 atom stereocenters. The van der Waals surface area contributed by atoms with Crippen LogP contribution >= 0.6 is 0 Å². The molecule has 1 fully saturated rings. The minimum atomic E-state index is 0.794. The van der Waals surface area contributed by atoms with Crippen molar-refractivity contribution >= 4 is 11.6 Å². The van der Waals surface area contributed by atoms with Gasteiger partial charge >= 0.3 is 0 Å². The van der Waals surface area contributed by atoms with Crippen LogP contribution in [0.4, 0.5) is 11.6 Å². The van der Waals surface area contributed by atoms with Gasteiger partial charge in [0.2, 0.25) is 0 Å². The number of rotatable bonds is 6. The van der Waals surface area contributed by atoms with Crippen LogP contribution in [0.1, 0.15) is 45.4 Å². The Kier molecular flexibility index (Phi) is 5.00. The summed E-state index contributed by atoms with van der Waals surface area (Å²) in [4.78, 5) is 8.87. The summed E-state index contributed by atoms with van der Waals surface area (Å²) in [6, 6.07) is 2.02. The number of anilines is 2. The Morgan fingerprint density at radius 3 is 2.58 bits per heavy atom. The summed E-state index contributed by atoms with van der Waals surface area (Å²) in [5.74, 6) is 4.33. The molecule has 1 saturated carbocycles. The molecule has 4 heteroatoms. The zero-order chi connectivity index (χ0) is 13.7. The zero-order valence-corrected chi connectivity index (χ0v) is 12.4. The first kappa shape index (κ1) is 14.1. The van der Waals surface area contributed by atoms with Crippen molar-refractivity contribution in [3.63, 3.8) is 0 Å². The third-order valence-corrected chi connectivity index (χ3v) is 3.98. The van der Waals surface area contributed by atoms with E-state index >= 15 is 0 Å². The van der Waals surface area contributed by atoms with Crippen molar-refractivity contribution < 1.29 is 0 Å². The average molecular weight is 262 g/mol. The van der Waals surface area contributed by atoms with Crippen molar-refractivity contribution in [3.8, 4) is 0 Å². The van der Waals surface area contributed by atoms with Gasteiger partial charge in [-0.3, -0.25) is 0 Å². The maximum Gasteiger partial charge on any atom is 0.131 e. The standard InChI is InChI=1S/C15H26N4/c1-4-8-16-14-9-15(19-12(3)18-14)17-10-13-7-5-6-11(13)2/h9,11,13H,4-8,10H2,1-3H3,(H2,16,17,18,19). The average Bonchev–Trinajstić information content (AvgIpc) is 2.79. The lowest BCUT2D eigenvalue weighted by atomic mass is 9.98. The summed E-state index contributed by atoms with van der Waals surface area (Å²) in [5, 5.41) is 6.80. The largest absolute Gasteiger partial charge is 0.370 e. The van der Waals surface area contributed by atoms with Gasteiger partial charge in [-0.2, -0.15) is 0 Å². The Balaban J connectivity index is 1.93. The molecule has 106 valence electrons. The first-order chi connectivity index (χ1) is 9.19. The van der Waals surface area contributed by atoms with Crippen LogP contribution in [0.2, 0.25) is 0 Å². The quantitative estimate of drug-likeness (QED) is 0.824. The Bertz CT molecular complexity index is 405. The van der Waals surface area contributed by atoms with E-state index in [0.717, 1.165) is 48.8 Å². The van der Waals surface area contributed by atoms with Gasteiger partial charge in [0.05, 0.1) is 0 Å². The number of aryl methyl sites for hydroxylation is 1. The van der Waals surface area contributed by atoms with Crippen molar-refractivity contribution in [2.75, 3.05) is 23.7 Å². The third kappa shape index (κ3) is 4.08. The van der Waals surface area contributed by atoms with Crippen LogP contribution in [-0.4, -0.2) is 23.1 Å². The molecule has 0 aromatic carbocycles. The molecule has 0 spiro atoms. The molecule has 4 nitrogen and oxygen atoms in total.